The maximum Gasteiger partial charge on any atom is 0.256 e. The van der Waals surface area contributed by atoms with Gasteiger partial charge in [-0.2, -0.15) is 0 Å². The fraction of sp³-hybridized carbons (Fsp3) is 0.647. The second-order valence-corrected chi connectivity index (χ2v) is 6.23. The summed E-state index contributed by atoms with van der Waals surface area (Å²) in [5.41, 5.74) is 0.877. The first kappa shape index (κ1) is 16.7. The number of rotatable bonds is 5. The van der Waals surface area contributed by atoms with Crippen molar-refractivity contribution in [1.29, 1.82) is 0 Å². The van der Waals surface area contributed by atoms with Gasteiger partial charge in [-0.05, 0) is 51.7 Å². The van der Waals surface area contributed by atoms with Crippen molar-refractivity contribution in [3.8, 4) is 0 Å². The fourth-order valence-electron chi connectivity index (χ4n) is 2.98. The van der Waals surface area contributed by atoms with E-state index in [0.717, 1.165) is 31.7 Å². The Morgan fingerprint density at radius 3 is 2.68 bits per heavy atom. The summed E-state index contributed by atoms with van der Waals surface area (Å²) in [6, 6.07) is 1.51. The number of pyridine rings is 1. The number of piperidine rings is 1. The van der Waals surface area contributed by atoms with E-state index in [1.165, 1.54) is 18.9 Å². The highest BCUT2D eigenvalue weighted by Gasteiger charge is 2.18. The van der Waals surface area contributed by atoms with Gasteiger partial charge in [-0.3, -0.25) is 9.59 Å². The van der Waals surface area contributed by atoms with Gasteiger partial charge in [0.2, 0.25) is 0 Å². The van der Waals surface area contributed by atoms with Gasteiger partial charge in [0.1, 0.15) is 5.56 Å². The molecule has 1 aliphatic rings. The highest BCUT2D eigenvalue weighted by molar-refractivity contribution is 5.93. The zero-order chi connectivity index (χ0) is 16.1. The van der Waals surface area contributed by atoms with Crippen LogP contribution in [0.1, 0.15) is 42.2 Å². The summed E-state index contributed by atoms with van der Waals surface area (Å²) in [5.74, 6) is 0.426. The minimum Gasteiger partial charge on any atom is -0.354 e. The molecule has 0 saturated carbocycles. The molecular formula is C17H27N3O2. The van der Waals surface area contributed by atoms with Gasteiger partial charge in [0, 0.05) is 31.5 Å². The highest BCUT2D eigenvalue weighted by Crippen LogP contribution is 2.19. The SMILES string of the molecule is CCN1CCC(CCNC(=O)c2cn(C)c(C)cc2=O)CC1. The Labute approximate surface area is 132 Å². The average Bonchev–Trinajstić information content (AvgIpc) is 2.51. The van der Waals surface area contributed by atoms with Gasteiger partial charge in [-0.15, -0.1) is 0 Å². The number of hydrogen-bond acceptors (Lipinski definition) is 3. The highest BCUT2D eigenvalue weighted by atomic mass is 16.2. The number of carbonyl (C=O) groups excluding carboxylic acids is 1. The molecule has 5 nitrogen and oxygen atoms in total. The molecule has 5 heteroatoms. The Balaban J connectivity index is 1.81. The van der Waals surface area contributed by atoms with Crippen molar-refractivity contribution in [1.82, 2.24) is 14.8 Å². The van der Waals surface area contributed by atoms with Crippen LogP contribution in [0.25, 0.3) is 0 Å². The first-order chi connectivity index (χ1) is 10.5. The minimum atomic E-state index is -0.258. The van der Waals surface area contributed by atoms with Gasteiger partial charge in [0.25, 0.3) is 5.91 Å². The molecule has 1 aromatic rings. The third-order valence-corrected chi connectivity index (χ3v) is 4.72. The Morgan fingerprint density at radius 2 is 2.05 bits per heavy atom. The van der Waals surface area contributed by atoms with Crippen LogP contribution in [-0.4, -0.2) is 41.6 Å². The normalized spacial score (nSPS) is 16.7. The summed E-state index contributed by atoms with van der Waals surface area (Å²) < 4.78 is 1.80. The smallest absolute Gasteiger partial charge is 0.256 e. The Morgan fingerprint density at radius 1 is 1.36 bits per heavy atom. The van der Waals surface area contributed by atoms with Crippen LogP contribution < -0.4 is 10.7 Å². The van der Waals surface area contributed by atoms with E-state index in [-0.39, 0.29) is 16.9 Å². The van der Waals surface area contributed by atoms with Crippen molar-refractivity contribution in [2.75, 3.05) is 26.2 Å². The molecule has 1 saturated heterocycles. The van der Waals surface area contributed by atoms with Gasteiger partial charge in [0.15, 0.2) is 5.43 Å². The minimum absolute atomic E-state index is 0.204. The van der Waals surface area contributed by atoms with Crippen LogP contribution >= 0.6 is 0 Å². The largest absolute Gasteiger partial charge is 0.354 e. The average molecular weight is 305 g/mol. The Kier molecular flexibility index (Phi) is 5.77. The standard InChI is InChI=1S/C17H27N3O2/c1-4-20-9-6-14(7-10-20)5-8-18-17(22)15-12-19(3)13(2)11-16(15)21/h11-12,14H,4-10H2,1-3H3,(H,18,22). The van der Waals surface area contributed by atoms with Crippen molar-refractivity contribution >= 4 is 5.91 Å². The first-order valence-corrected chi connectivity index (χ1v) is 8.19. The maximum atomic E-state index is 12.1. The quantitative estimate of drug-likeness (QED) is 0.898. The van der Waals surface area contributed by atoms with Crippen LogP contribution in [0, 0.1) is 12.8 Å². The molecule has 0 atom stereocenters. The summed E-state index contributed by atoms with van der Waals surface area (Å²) in [7, 11) is 1.84. The number of nitrogens with zero attached hydrogens (tertiary/aromatic N) is 2. The van der Waals surface area contributed by atoms with Crippen LogP contribution in [0.3, 0.4) is 0 Å². The third kappa shape index (κ3) is 4.19. The zero-order valence-electron chi connectivity index (χ0n) is 13.9. The Bertz CT molecular complexity index is 572. The second-order valence-electron chi connectivity index (χ2n) is 6.23. The summed E-state index contributed by atoms with van der Waals surface area (Å²) in [5, 5.41) is 2.89. The number of amides is 1. The number of aryl methyl sites for hydroxylation is 2. The van der Waals surface area contributed by atoms with Gasteiger partial charge >= 0.3 is 0 Å². The lowest BCUT2D eigenvalue weighted by molar-refractivity contribution is 0.0946. The number of likely N-dealkylation sites (tertiary alicyclic amines) is 1. The van der Waals surface area contributed by atoms with E-state index >= 15 is 0 Å². The van der Waals surface area contributed by atoms with E-state index in [1.54, 1.807) is 10.8 Å². The number of carbonyl (C=O) groups is 1. The van der Waals surface area contributed by atoms with Crippen LogP contribution in [0.15, 0.2) is 17.1 Å². The predicted molar refractivity (Wildman–Crippen MR) is 88.2 cm³/mol. The molecule has 2 heterocycles. The van der Waals surface area contributed by atoms with Crippen LogP contribution in [0.2, 0.25) is 0 Å². The molecule has 1 aromatic heterocycles. The lowest BCUT2D eigenvalue weighted by atomic mass is 9.93. The first-order valence-electron chi connectivity index (χ1n) is 8.19. The van der Waals surface area contributed by atoms with E-state index in [0.29, 0.717) is 12.5 Å². The van der Waals surface area contributed by atoms with E-state index < -0.39 is 0 Å². The molecule has 0 unspecified atom stereocenters. The molecular weight excluding hydrogens is 278 g/mol. The molecule has 1 aliphatic heterocycles. The fourth-order valence-corrected chi connectivity index (χ4v) is 2.98. The zero-order valence-corrected chi connectivity index (χ0v) is 13.9. The Hall–Kier alpha value is -1.62. The number of nitrogens with one attached hydrogen (secondary N) is 1. The van der Waals surface area contributed by atoms with E-state index in [1.807, 2.05) is 14.0 Å². The molecule has 0 aliphatic carbocycles. The van der Waals surface area contributed by atoms with Crippen molar-refractivity contribution in [2.45, 2.75) is 33.1 Å². The molecule has 1 fully saturated rings. The maximum absolute atomic E-state index is 12.1. The molecule has 0 radical (unpaired) electrons. The third-order valence-electron chi connectivity index (χ3n) is 4.72. The summed E-state index contributed by atoms with van der Waals surface area (Å²) >= 11 is 0. The van der Waals surface area contributed by atoms with Crippen LogP contribution in [0.5, 0.6) is 0 Å². The molecule has 0 aromatic carbocycles. The predicted octanol–water partition coefficient (Wildman–Crippen LogP) is 1.55. The second kappa shape index (κ2) is 7.58. The van der Waals surface area contributed by atoms with Crippen LogP contribution in [0.4, 0.5) is 0 Å². The van der Waals surface area contributed by atoms with Gasteiger partial charge in [-0.1, -0.05) is 6.92 Å². The molecule has 0 spiro atoms. The summed E-state index contributed by atoms with van der Waals surface area (Å²) in [6.45, 7) is 8.14. The van der Waals surface area contributed by atoms with E-state index in [9.17, 15) is 9.59 Å². The van der Waals surface area contributed by atoms with Crippen molar-refractivity contribution < 1.29 is 4.79 Å². The molecule has 1 amide bonds. The molecule has 22 heavy (non-hydrogen) atoms. The lowest BCUT2D eigenvalue weighted by Crippen LogP contribution is -2.35. The van der Waals surface area contributed by atoms with E-state index in [4.69, 9.17) is 0 Å². The topological polar surface area (TPSA) is 54.3 Å². The van der Waals surface area contributed by atoms with Crippen molar-refractivity contribution in [3.63, 3.8) is 0 Å². The monoisotopic (exact) mass is 305 g/mol. The van der Waals surface area contributed by atoms with E-state index in [2.05, 4.69) is 17.1 Å². The van der Waals surface area contributed by atoms with Gasteiger partial charge in [-0.25, -0.2) is 0 Å². The number of aromatic nitrogens is 1. The summed E-state index contributed by atoms with van der Waals surface area (Å²) in [6.07, 6.45) is 5.02. The number of hydrogen-bond donors (Lipinski definition) is 1. The molecule has 0 bridgehead atoms. The van der Waals surface area contributed by atoms with Gasteiger partial charge < -0.3 is 14.8 Å². The van der Waals surface area contributed by atoms with Gasteiger partial charge in [0.05, 0.1) is 0 Å². The lowest BCUT2D eigenvalue weighted by Gasteiger charge is -2.31. The van der Waals surface area contributed by atoms with Crippen molar-refractivity contribution in [3.05, 3.63) is 33.7 Å². The molecule has 1 N–H and O–H groups in total. The van der Waals surface area contributed by atoms with Crippen molar-refractivity contribution in [2.24, 2.45) is 13.0 Å². The molecule has 122 valence electrons. The van der Waals surface area contributed by atoms with Crippen LogP contribution in [-0.2, 0) is 7.05 Å². The summed E-state index contributed by atoms with van der Waals surface area (Å²) in [4.78, 5) is 26.5. The molecule has 2 rings (SSSR count).